The summed E-state index contributed by atoms with van der Waals surface area (Å²) >= 11 is 0. The van der Waals surface area contributed by atoms with Gasteiger partial charge in [0, 0.05) is 50.4 Å². The summed E-state index contributed by atoms with van der Waals surface area (Å²) in [7, 11) is 0. The maximum Gasteiger partial charge on any atom is 0.145 e. The Hall–Kier alpha value is -6.91. The third-order valence-electron chi connectivity index (χ3n) is 11.0. The van der Waals surface area contributed by atoms with E-state index >= 15 is 0 Å². The number of benzene rings is 7. The molecule has 4 nitrogen and oxygen atoms in total. The quantitative estimate of drug-likeness (QED) is 0.178. The summed E-state index contributed by atoms with van der Waals surface area (Å²) in [5.74, 6) is 1.21. The summed E-state index contributed by atoms with van der Waals surface area (Å²) in [6, 6.07) is 63.2. The zero-order valence-corrected chi connectivity index (χ0v) is 29.0. The standard InChI is InChI=1S/C49H34N4/c1-3-14-33(15-4-1)49-50-43-22-9-12-25-48(43)53(49)38-19-13-18-37(32-38)52-45-24-11-8-21-40(45)42-31-35(27-29-47(42)52)34-26-28-46-41(30-34)39-20-7-10-23-44(39)51(46)36-16-5-2-6-17-36/h1-29,31-32,34H,30H2. The lowest BCUT2D eigenvalue weighted by molar-refractivity contribution is 0.826. The SMILES string of the molecule is C1=CC(c2ccc3c(c2)c2ccccc2n3-c2cccc(-n3c(-c4ccccc4)nc4ccccc43)c2)Cc2c1n(-c1ccccc1)c1ccccc21. The van der Waals surface area contributed by atoms with E-state index in [0.29, 0.717) is 0 Å². The van der Waals surface area contributed by atoms with Gasteiger partial charge in [0.25, 0.3) is 0 Å². The maximum absolute atomic E-state index is 5.10. The van der Waals surface area contributed by atoms with Crippen molar-refractivity contribution < 1.29 is 0 Å². The van der Waals surface area contributed by atoms with Crippen LogP contribution in [0.2, 0.25) is 0 Å². The third kappa shape index (κ3) is 4.66. The van der Waals surface area contributed by atoms with Crippen molar-refractivity contribution in [3.63, 3.8) is 0 Å². The molecule has 53 heavy (non-hydrogen) atoms. The van der Waals surface area contributed by atoms with Crippen LogP contribution in [0.1, 0.15) is 22.7 Å². The van der Waals surface area contributed by atoms with E-state index in [-0.39, 0.29) is 5.92 Å². The Balaban J connectivity index is 1.04. The van der Waals surface area contributed by atoms with Crippen LogP contribution < -0.4 is 0 Å². The Kier molecular flexibility index (Phi) is 6.65. The molecule has 0 aliphatic heterocycles. The summed E-state index contributed by atoms with van der Waals surface area (Å²) in [6.45, 7) is 0. The van der Waals surface area contributed by atoms with Crippen molar-refractivity contribution >= 4 is 49.8 Å². The Morgan fingerprint density at radius 2 is 1.08 bits per heavy atom. The first kappa shape index (κ1) is 29.8. The van der Waals surface area contributed by atoms with Crippen LogP contribution in [0, 0.1) is 0 Å². The number of allylic oxidation sites excluding steroid dienone is 1. The second-order valence-corrected chi connectivity index (χ2v) is 14.0. The summed E-state index contributed by atoms with van der Waals surface area (Å²) in [5, 5.41) is 3.86. The molecule has 10 aromatic rings. The molecular weight excluding hydrogens is 645 g/mol. The first-order chi connectivity index (χ1) is 26.3. The number of hydrogen-bond acceptors (Lipinski definition) is 1. The van der Waals surface area contributed by atoms with E-state index in [1.807, 2.05) is 0 Å². The molecule has 0 fully saturated rings. The van der Waals surface area contributed by atoms with Gasteiger partial charge >= 0.3 is 0 Å². The van der Waals surface area contributed by atoms with E-state index < -0.39 is 0 Å². The second-order valence-electron chi connectivity index (χ2n) is 14.0. The van der Waals surface area contributed by atoms with E-state index in [9.17, 15) is 0 Å². The second kappa shape index (κ2) is 11.8. The molecule has 0 amide bonds. The number of aromatic nitrogens is 4. The highest BCUT2D eigenvalue weighted by molar-refractivity contribution is 6.09. The molecule has 4 heteroatoms. The molecule has 1 aliphatic rings. The number of rotatable bonds is 5. The lowest BCUT2D eigenvalue weighted by Gasteiger charge is -2.20. The lowest BCUT2D eigenvalue weighted by atomic mass is 9.86. The van der Waals surface area contributed by atoms with Crippen LogP contribution in [0.5, 0.6) is 0 Å². The highest BCUT2D eigenvalue weighted by atomic mass is 15.1. The minimum Gasteiger partial charge on any atom is -0.310 e. The van der Waals surface area contributed by atoms with Crippen LogP contribution in [0.4, 0.5) is 0 Å². The van der Waals surface area contributed by atoms with Crippen molar-refractivity contribution in [1.82, 2.24) is 18.7 Å². The monoisotopic (exact) mass is 678 g/mol. The van der Waals surface area contributed by atoms with E-state index in [4.69, 9.17) is 4.98 Å². The topological polar surface area (TPSA) is 27.7 Å². The van der Waals surface area contributed by atoms with Crippen LogP contribution in [-0.2, 0) is 6.42 Å². The van der Waals surface area contributed by atoms with Crippen LogP contribution in [-0.4, -0.2) is 18.7 Å². The largest absolute Gasteiger partial charge is 0.310 e. The average Bonchev–Trinajstić information content (AvgIpc) is 3.89. The first-order valence-electron chi connectivity index (χ1n) is 18.3. The van der Waals surface area contributed by atoms with Crippen molar-refractivity contribution in [1.29, 1.82) is 0 Å². The minimum atomic E-state index is 0.276. The van der Waals surface area contributed by atoms with Gasteiger partial charge in [0.2, 0.25) is 0 Å². The number of imidazole rings is 1. The van der Waals surface area contributed by atoms with Crippen LogP contribution in [0.15, 0.2) is 182 Å². The van der Waals surface area contributed by atoms with Crippen LogP contribution in [0.3, 0.4) is 0 Å². The van der Waals surface area contributed by atoms with Crippen molar-refractivity contribution in [3.8, 4) is 28.5 Å². The highest BCUT2D eigenvalue weighted by Gasteiger charge is 2.24. The molecule has 7 aromatic carbocycles. The third-order valence-corrected chi connectivity index (χ3v) is 11.0. The molecule has 0 saturated heterocycles. The fourth-order valence-electron chi connectivity index (χ4n) is 8.63. The Morgan fingerprint density at radius 3 is 1.89 bits per heavy atom. The predicted molar refractivity (Wildman–Crippen MR) is 220 cm³/mol. The minimum absolute atomic E-state index is 0.276. The molecule has 1 aliphatic carbocycles. The number of nitrogens with zero attached hydrogens (tertiary/aromatic N) is 4. The van der Waals surface area contributed by atoms with Gasteiger partial charge in [-0.1, -0.05) is 115 Å². The molecule has 0 saturated carbocycles. The highest BCUT2D eigenvalue weighted by Crippen LogP contribution is 2.41. The average molecular weight is 679 g/mol. The van der Waals surface area contributed by atoms with Gasteiger partial charge in [-0.05, 0) is 90.4 Å². The fraction of sp³-hybridized carbons (Fsp3) is 0.0408. The number of hydrogen-bond donors (Lipinski definition) is 0. The van der Waals surface area contributed by atoms with E-state index in [1.54, 1.807) is 0 Å². The van der Waals surface area contributed by atoms with Gasteiger partial charge in [-0.3, -0.25) is 4.57 Å². The normalized spacial score (nSPS) is 14.1. The van der Waals surface area contributed by atoms with Crippen molar-refractivity contribution in [2.24, 2.45) is 0 Å². The maximum atomic E-state index is 5.10. The smallest absolute Gasteiger partial charge is 0.145 e. The first-order valence-corrected chi connectivity index (χ1v) is 18.3. The molecule has 1 unspecified atom stereocenters. The fourth-order valence-corrected chi connectivity index (χ4v) is 8.63. The molecule has 250 valence electrons. The van der Waals surface area contributed by atoms with Gasteiger partial charge in [0.15, 0.2) is 0 Å². The van der Waals surface area contributed by atoms with E-state index in [1.165, 1.54) is 55.2 Å². The molecular formula is C49H34N4. The Labute approximate surface area is 307 Å². The van der Waals surface area contributed by atoms with E-state index in [0.717, 1.165) is 40.2 Å². The Morgan fingerprint density at radius 1 is 0.453 bits per heavy atom. The van der Waals surface area contributed by atoms with Crippen LogP contribution in [0.25, 0.3) is 78.3 Å². The molecule has 0 bridgehead atoms. The molecule has 1 atom stereocenters. The van der Waals surface area contributed by atoms with Crippen molar-refractivity contribution in [2.75, 3.05) is 0 Å². The van der Waals surface area contributed by atoms with Gasteiger partial charge < -0.3 is 9.13 Å². The van der Waals surface area contributed by atoms with Crippen molar-refractivity contribution in [3.05, 3.63) is 199 Å². The lowest BCUT2D eigenvalue weighted by Crippen LogP contribution is -2.07. The predicted octanol–water partition coefficient (Wildman–Crippen LogP) is 12.1. The molecule has 0 spiro atoms. The van der Waals surface area contributed by atoms with Gasteiger partial charge in [-0.2, -0.15) is 0 Å². The van der Waals surface area contributed by atoms with Gasteiger partial charge in [0.1, 0.15) is 5.82 Å². The summed E-state index contributed by atoms with van der Waals surface area (Å²) in [5.41, 5.74) is 14.3. The molecule has 0 radical (unpaired) electrons. The summed E-state index contributed by atoms with van der Waals surface area (Å²) in [6.07, 6.45) is 5.71. The molecule has 3 heterocycles. The zero-order chi connectivity index (χ0) is 34.9. The van der Waals surface area contributed by atoms with Gasteiger partial charge in [0.05, 0.1) is 27.6 Å². The Bertz CT molecular complexity index is 3030. The molecule has 3 aromatic heterocycles. The van der Waals surface area contributed by atoms with Gasteiger partial charge in [-0.15, -0.1) is 0 Å². The summed E-state index contributed by atoms with van der Waals surface area (Å²) < 4.78 is 7.12. The zero-order valence-electron chi connectivity index (χ0n) is 29.0. The molecule has 0 N–H and O–H groups in total. The summed E-state index contributed by atoms with van der Waals surface area (Å²) in [4.78, 5) is 5.10. The number of fused-ring (bicyclic) bond motifs is 7. The van der Waals surface area contributed by atoms with Crippen LogP contribution >= 0.6 is 0 Å². The van der Waals surface area contributed by atoms with Crippen molar-refractivity contribution in [2.45, 2.75) is 12.3 Å². The molecule has 11 rings (SSSR count). The van der Waals surface area contributed by atoms with E-state index in [2.05, 4.69) is 202 Å². The van der Waals surface area contributed by atoms with Gasteiger partial charge in [-0.25, -0.2) is 4.98 Å². The number of para-hydroxylation sites is 5.